The monoisotopic (exact) mass is 452 g/mol. The number of carbonyl (C=O) groups is 3. The molecule has 2 aromatic carbocycles. The quantitative estimate of drug-likeness (QED) is 0.512. The second-order valence-corrected chi connectivity index (χ2v) is 8.91. The second kappa shape index (κ2) is 9.23. The zero-order chi connectivity index (χ0) is 23.6. The summed E-state index contributed by atoms with van der Waals surface area (Å²) in [6.07, 6.45) is 1.36. The molecule has 2 aliphatic carbocycles. The van der Waals surface area contributed by atoms with Crippen LogP contribution in [-0.2, 0) is 14.3 Å². The average Bonchev–Trinajstić information content (AvgIpc) is 3.38. The first-order chi connectivity index (χ1) is 15.8. The molecule has 0 radical (unpaired) electrons. The molecule has 2 amide bonds. The lowest BCUT2D eigenvalue weighted by Crippen LogP contribution is -2.50. The maximum absolute atomic E-state index is 12.6. The summed E-state index contributed by atoms with van der Waals surface area (Å²) in [5.74, 6) is -2.36. The van der Waals surface area contributed by atoms with E-state index in [1.807, 2.05) is 36.4 Å². The fourth-order valence-electron chi connectivity index (χ4n) is 4.70. The number of aliphatic hydroxyl groups is 1. The standard InChI is InChI=1S/C25H28N2O6/c1-25(32,23(29)30)14-26-22(28)19-11-6-12-21(19)27-24(31)33-13-20-17-9-4-2-7-15(17)16-8-3-5-10-18(16)20/h2-5,7-10,19-21,32H,6,11-14H2,1H3,(H,26,28)(H,27,31)(H,29,30). The normalized spacial score (nSPS) is 20.9. The van der Waals surface area contributed by atoms with Gasteiger partial charge in [-0.15, -0.1) is 0 Å². The van der Waals surface area contributed by atoms with Gasteiger partial charge in [-0.1, -0.05) is 55.0 Å². The van der Waals surface area contributed by atoms with E-state index < -0.39 is 42.1 Å². The Bertz CT molecular complexity index is 1020. The molecule has 0 aromatic heterocycles. The SMILES string of the molecule is CC(O)(CNC(=O)C1CCCC1NC(=O)OCC1c2ccccc2-c2ccccc21)C(=O)O. The Labute approximate surface area is 192 Å². The largest absolute Gasteiger partial charge is 0.479 e. The first kappa shape index (κ1) is 22.8. The van der Waals surface area contributed by atoms with Crippen molar-refractivity contribution < 1.29 is 29.3 Å². The van der Waals surface area contributed by atoms with E-state index in [-0.39, 0.29) is 12.5 Å². The topological polar surface area (TPSA) is 125 Å². The number of carbonyl (C=O) groups excluding carboxylic acids is 2. The first-order valence-electron chi connectivity index (χ1n) is 11.1. The third-order valence-corrected chi connectivity index (χ3v) is 6.57. The Balaban J connectivity index is 1.34. The van der Waals surface area contributed by atoms with Gasteiger partial charge in [0, 0.05) is 12.0 Å². The van der Waals surface area contributed by atoms with Crippen LogP contribution in [0.4, 0.5) is 4.79 Å². The van der Waals surface area contributed by atoms with Crippen molar-refractivity contribution in [1.82, 2.24) is 10.6 Å². The Kier molecular flexibility index (Phi) is 6.37. The Morgan fingerprint density at radius 2 is 1.64 bits per heavy atom. The fourth-order valence-corrected chi connectivity index (χ4v) is 4.70. The van der Waals surface area contributed by atoms with Crippen molar-refractivity contribution in [3.05, 3.63) is 59.7 Å². The van der Waals surface area contributed by atoms with Crippen LogP contribution < -0.4 is 10.6 Å². The van der Waals surface area contributed by atoms with Gasteiger partial charge in [-0.05, 0) is 42.0 Å². The van der Waals surface area contributed by atoms with Crippen molar-refractivity contribution in [3.8, 4) is 11.1 Å². The molecule has 0 spiro atoms. The van der Waals surface area contributed by atoms with Crippen molar-refractivity contribution >= 4 is 18.0 Å². The number of alkyl carbamates (subject to hydrolysis) is 1. The molecule has 174 valence electrons. The highest BCUT2D eigenvalue weighted by Gasteiger charge is 2.37. The van der Waals surface area contributed by atoms with E-state index in [9.17, 15) is 19.5 Å². The van der Waals surface area contributed by atoms with E-state index in [0.29, 0.717) is 12.8 Å². The van der Waals surface area contributed by atoms with Gasteiger partial charge in [0.1, 0.15) is 6.61 Å². The molecule has 4 rings (SSSR count). The summed E-state index contributed by atoms with van der Waals surface area (Å²) in [7, 11) is 0. The van der Waals surface area contributed by atoms with Crippen LogP contribution in [0.1, 0.15) is 43.2 Å². The number of fused-ring (bicyclic) bond motifs is 3. The lowest BCUT2D eigenvalue weighted by atomic mass is 9.98. The number of carboxylic acids is 1. The number of nitrogens with one attached hydrogen (secondary N) is 2. The van der Waals surface area contributed by atoms with Crippen molar-refractivity contribution in [2.24, 2.45) is 5.92 Å². The van der Waals surface area contributed by atoms with Crippen LogP contribution in [0.5, 0.6) is 0 Å². The van der Waals surface area contributed by atoms with Crippen molar-refractivity contribution in [2.75, 3.05) is 13.2 Å². The van der Waals surface area contributed by atoms with Crippen LogP contribution in [-0.4, -0.2) is 53.0 Å². The Morgan fingerprint density at radius 1 is 1.03 bits per heavy atom. The molecular formula is C25H28N2O6. The van der Waals surface area contributed by atoms with Gasteiger partial charge >= 0.3 is 12.1 Å². The molecule has 1 fully saturated rings. The second-order valence-electron chi connectivity index (χ2n) is 8.91. The van der Waals surface area contributed by atoms with E-state index >= 15 is 0 Å². The van der Waals surface area contributed by atoms with Gasteiger partial charge in [0.25, 0.3) is 0 Å². The van der Waals surface area contributed by atoms with E-state index in [1.54, 1.807) is 0 Å². The van der Waals surface area contributed by atoms with Crippen LogP contribution in [0.15, 0.2) is 48.5 Å². The number of aliphatic carboxylic acids is 1. The lowest BCUT2D eigenvalue weighted by Gasteiger charge is -2.23. The number of benzene rings is 2. The summed E-state index contributed by atoms with van der Waals surface area (Å²) in [5.41, 5.74) is 2.48. The maximum Gasteiger partial charge on any atom is 0.407 e. The van der Waals surface area contributed by atoms with Crippen LogP contribution in [0.2, 0.25) is 0 Å². The number of rotatable bonds is 7. The predicted octanol–water partition coefficient (Wildman–Crippen LogP) is 2.65. The molecule has 0 aliphatic heterocycles. The molecule has 0 saturated heterocycles. The Hall–Kier alpha value is -3.39. The number of hydrogen-bond acceptors (Lipinski definition) is 5. The van der Waals surface area contributed by atoms with E-state index in [1.165, 1.54) is 0 Å². The summed E-state index contributed by atoms with van der Waals surface area (Å²) >= 11 is 0. The van der Waals surface area contributed by atoms with Gasteiger partial charge in [0.15, 0.2) is 5.60 Å². The zero-order valence-electron chi connectivity index (χ0n) is 18.4. The minimum absolute atomic E-state index is 0.0518. The van der Waals surface area contributed by atoms with Crippen LogP contribution >= 0.6 is 0 Å². The number of ether oxygens (including phenoxy) is 1. The summed E-state index contributed by atoms with van der Waals surface area (Å²) in [6, 6.07) is 15.8. The summed E-state index contributed by atoms with van der Waals surface area (Å²) in [5, 5.41) is 24.1. The molecule has 8 nitrogen and oxygen atoms in total. The highest BCUT2D eigenvalue weighted by molar-refractivity contribution is 5.83. The van der Waals surface area contributed by atoms with Gasteiger partial charge in [0.2, 0.25) is 5.91 Å². The van der Waals surface area contributed by atoms with Gasteiger partial charge in [0.05, 0.1) is 12.5 Å². The van der Waals surface area contributed by atoms with Gasteiger partial charge in [-0.25, -0.2) is 9.59 Å². The minimum atomic E-state index is -2.05. The Morgan fingerprint density at radius 3 is 2.24 bits per heavy atom. The summed E-state index contributed by atoms with van der Waals surface area (Å²) in [6.45, 7) is 0.900. The number of carboxylic acid groups (broad SMARTS) is 1. The van der Waals surface area contributed by atoms with E-state index in [4.69, 9.17) is 9.84 Å². The third kappa shape index (κ3) is 4.71. The molecule has 8 heteroatoms. The minimum Gasteiger partial charge on any atom is -0.479 e. The maximum atomic E-state index is 12.6. The third-order valence-electron chi connectivity index (χ3n) is 6.57. The predicted molar refractivity (Wildman–Crippen MR) is 121 cm³/mol. The number of hydrogen-bond donors (Lipinski definition) is 4. The zero-order valence-corrected chi connectivity index (χ0v) is 18.4. The molecule has 4 N–H and O–H groups in total. The van der Waals surface area contributed by atoms with Crippen molar-refractivity contribution in [1.29, 1.82) is 0 Å². The smallest absolute Gasteiger partial charge is 0.407 e. The first-order valence-corrected chi connectivity index (χ1v) is 11.1. The molecule has 3 atom stereocenters. The van der Waals surface area contributed by atoms with Crippen LogP contribution in [0.3, 0.4) is 0 Å². The summed E-state index contributed by atoms with van der Waals surface area (Å²) in [4.78, 5) is 36.1. The molecule has 2 aliphatic rings. The molecule has 0 heterocycles. The van der Waals surface area contributed by atoms with Crippen LogP contribution in [0.25, 0.3) is 11.1 Å². The van der Waals surface area contributed by atoms with Crippen LogP contribution in [0, 0.1) is 5.92 Å². The highest BCUT2D eigenvalue weighted by atomic mass is 16.5. The number of amides is 2. The molecular weight excluding hydrogens is 424 g/mol. The van der Waals surface area contributed by atoms with E-state index in [2.05, 4.69) is 22.8 Å². The summed E-state index contributed by atoms with van der Waals surface area (Å²) < 4.78 is 5.58. The van der Waals surface area contributed by atoms with E-state index in [0.717, 1.165) is 35.6 Å². The fraction of sp³-hybridized carbons (Fsp3) is 0.400. The molecule has 0 bridgehead atoms. The van der Waals surface area contributed by atoms with Gasteiger partial charge in [-0.3, -0.25) is 4.79 Å². The molecule has 3 unspecified atom stereocenters. The highest BCUT2D eigenvalue weighted by Crippen LogP contribution is 2.44. The van der Waals surface area contributed by atoms with Crippen molar-refractivity contribution in [3.63, 3.8) is 0 Å². The van der Waals surface area contributed by atoms with Gasteiger partial charge < -0.3 is 25.6 Å². The molecule has 1 saturated carbocycles. The lowest BCUT2D eigenvalue weighted by molar-refractivity contribution is -0.156. The van der Waals surface area contributed by atoms with Crippen molar-refractivity contribution in [2.45, 2.75) is 43.7 Å². The molecule has 2 aromatic rings. The average molecular weight is 453 g/mol. The van der Waals surface area contributed by atoms with Gasteiger partial charge in [-0.2, -0.15) is 0 Å². The molecule has 33 heavy (non-hydrogen) atoms.